The van der Waals surface area contributed by atoms with Gasteiger partial charge in [0.2, 0.25) is 15.0 Å². The van der Waals surface area contributed by atoms with Crippen molar-refractivity contribution in [3.63, 3.8) is 0 Å². The number of rotatable bonds is 3. The first-order valence-electron chi connectivity index (χ1n) is 6.52. The van der Waals surface area contributed by atoms with Gasteiger partial charge in [0.1, 0.15) is 5.52 Å². The number of aromatic nitrogens is 3. The van der Waals surface area contributed by atoms with E-state index in [2.05, 4.69) is 9.97 Å². The van der Waals surface area contributed by atoms with Gasteiger partial charge < -0.3 is 0 Å². The Morgan fingerprint density at radius 1 is 1.14 bits per heavy atom. The Morgan fingerprint density at radius 2 is 1.86 bits per heavy atom. The molecule has 0 fully saturated rings. The second-order valence-corrected chi connectivity index (χ2v) is 6.99. The number of hydrogen-bond acceptors (Lipinski definition) is 4. The molecule has 108 valence electrons. The van der Waals surface area contributed by atoms with Gasteiger partial charge >= 0.3 is 0 Å². The molecule has 2 aromatic heterocycles. The van der Waals surface area contributed by atoms with Crippen LogP contribution in [0.5, 0.6) is 0 Å². The molecular formula is C15H15N3O2S. The van der Waals surface area contributed by atoms with Gasteiger partial charge in [-0.25, -0.2) is 18.4 Å². The van der Waals surface area contributed by atoms with Crippen LogP contribution in [0.1, 0.15) is 11.1 Å². The molecule has 5 nitrogen and oxygen atoms in total. The second-order valence-electron chi connectivity index (χ2n) is 5.08. The lowest BCUT2D eigenvalue weighted by Gasteiger charge is -2.07. The van der Waals surface area contributed by atoms with Gasteiger partial charge in [-0.1, -0.05) is 29.8 Å². The molecule has 0 spiro atoms. The van der Waals surface area contributed by atoms with Crippen molar-refractivity contribution in [3.8, 4) is 0 Å². The third-order valence-electron chi connectivity index (χ3n) is 3.26. The summed E-state index contributed by atoms with van der Waals surface area (Å²) in [5.41, 5.74) is 3.34. The van der Waals surface area contributed by atoms with Gasteiger partial charge in [0.15, 0.2) is 5.65 Å². The molecule has 0 atom stereocenters. The van der Waals surface area contributed by atoms with Crippen molar-refractivity contribution in [2.75, 3.05) is 6.26 Å². The van der Waals surface area contributed by atoms with Gasteiger partial charge in [-0.05, 0) is 24.6 Å². The second kappa shape index (κ2) is 4.96. The first kappa shape index (κ1) is 13.8. The zero-order valence-corrected chi connectivity index (χ0v) is 12.6. The van der Waals surface area contributed by atoms with E-state index in [1.54, 1.807) is 22.9 Å². The summed E-state index contributed by atoms with van der Waals surface area (Å²) in [6, 6.07) is 11.5. The van der Waals surface area contributed by atoms with Crippen molar-refractivity contribution in [2.24, 2.45) is 0 Å². The summed E-state index contributed by atoms with van der Waals surface area (Å²) in [4.78, 5) is 8.48. The fraction of sp³-hybridized carbons (Fsp3) is 0.200. The van der Waals surface area contributed by atoms with Crippen molar-refractivity contribution in [1.29, 1.82) is 0 Å². The maximum absolute atomic E-state index is 12.0. The molecule has 3 aromatic rings. The van der Waals surface area contributed by atoms with E-state index in [-0.39, 0.29) is 5.16 Å². The Bertz CT molecular complexity index is 896. The fourth-order valence-corrected chi connectivity index (χ4v) is 3.05. The van der Waals surface area contributed by atoms with E-state index in [9.17, 15) is 8.42 Å². The molecule has 0 unspecified atom stereocenters. The first-order chi connectivity index (χ1) is 9.95. The normalized spacial score (nSPS) is 11.9. The number of aryl methyl sites for hydroxylation is 1. The molecule has 0 radical (unpaired) electrons. The van der Waals surface area contributed by atoms with Crippen molar-refractivity contribution in [3.05, 3.63) is 53.7 Å². The van der Waals surface area contributed by atoms with Crippen LogP contribution in [0.4, 0.5) is 0 Å². The zero-order valence-electron chi connectivity index (χ0n) is 11.8. The summed E-state index contributed by atoms with van der Waals surface area (Å²) in [5.74, 6) is 0. The van der Waals surface area contributed by atoms with E-state index in [0.29, 0.717) is 17.7 Å². The van der Waals surface area contributed by atoms with Crippen LogP contribution in [0.25, 0.3) is 11.2 Å². The summed E-state index contributed by atoms with van der Waals surface area (Å²) in [5, 5.41) is 0.0526. The summed E-state index contributed by atoms with van der Waals surface area (Å²) in [6.45, 7) is 2.44. The molecule has 0 amide bonds. The molecule has 0 N–H and O–H groups in total. The minimum absolute atomic E-state index is 0.0526. The standard InChI is InChI=1S/C15H15N3O2S/c1-11-5-7-12(8-6-11)10-18-14-13(4-3-9-16-14)17-15(18)21(2,19)20/h3-9H,10H2,1-2H3. The predicted octanol–water partition coefficient (Wildman–Crippen LogP) is 2.19. The van der Waals surface area contributed by atoms with E-state index in [1.165, 1.54) is 6.26 Å². The molecule has 0 saturated carbocycles. The lowest BCUT2D eigenvalue weighted by atomic mass is 10.1. The number of fused-ring (bicyclic) bond motifs is 1. The number of nitrogens with zero attached hydrogens (tertiary/aromatic N) is 3. The maximum atomic E-state index is 12.0. The summed E-state index contributed by atoms with van der Waals surface area (Å²) >= 11 is 0. The van der Waals surface area contributed by atoms with Crippen LogP contribution in [0.3, 0.4) is 0 Å². The molecule has 21 heavy (non-hydrogen) atoms. The van der Waals surface area contributed by atoms with Crippen LogP contribution in [-0.2, 0) is 16.4 Å². The highest BCUT2D eigenvalue weighted by Gasteiger charge is 2.20. The van der Waals surface area contributed by atoms with Crippen molar-refractivity contribution >= 4 is 21.0 Å². The smallest absolute Gasteiger partial charge is 0.229 e. The van der Waals surface area contributed by atoms with Crippen LogP contribution < -0.4 is 0 Å². The summed E-state index contributed by atoms with van der Waals surface area (Å²) in [7, 11) is -3.41. The van der Waals surface area contributed by atoms with E-state index < -0.39 is 9.84 Å². The van der Waals surface area contributed by atoms with E-state index in [0.717, 1.165) is 11.1 Å². The van der Waals surface area contributed by atoms with Crippen LogP contribution in [0, 0.1) is 6.92 Å². The molecule has 0 aliphatic heterocycles. The van der Waals surface area contributed by atoms with E-state index in [4.69, 9.17) is 0 Å². The molecule has 2 heterocycles. The van der Waals surface area contributed by atoms with Gasteiger partial charge in [0.25, 0.3) is 0 Å². The van der Waals surface area contributed by atoms with E-state index >= 15 is 0 Å². The molecule has 6 heteroatoms. The van der Waals surface area contributed by atoms with E-state index in [1.807, 2.05) is 31.2 Å². The highest BCUT2D eigenvalue weighted by molar-refractivity contribution is 7.90. The monoisotopic (exact) mass is 301 g/mol. The minimum Gasteiger partial charge on any atom is -0.295 e. The lowest BCUT2D eigenvalue weighted by molar-refractivity contribution is 0.580. The predicted molar refractivity (Wildman–Crippen MR) is 80.9 cm³/mol. The Kier molecular flexibility index (Phi) is 3.25. The molecule has 1 aromatic carbocycles. The lowest BCUT2D eigenvalue weighted by Crippen LogP contribution is -2.10. The Labute approximate surface area is 123 Å². The van der Waals surface area contributed by atoms with Crippen LogP contribution in [0.15, 0.2) is 47.8 Å². The number of imidazole rings is 1. The maximum Gasteiger partial charge on any atom is 0.229 e. The van der Waals surface area contributed by atoms with Crippen LogP contribution in [0.2, 0.25) is 0 Å². The van der Waals surface area contributed by atoms with Gasteiger partial charge in [0, 0.05) is 12.5 Å². The van der Waals surface area contributed by atoms with Gasteiger partial charge in [-0.2, -0.15) is 0 Å². The quantitative estimate of drug-likeness (QED) is 0.744. The van der Waals surface area contributed by atoms with Crippen LogP contribution >= 0.6 is 0 Å². The van der Waals surface area contributed by atoms with Gasteiger partial charge in [0.05, 0.1) is 6.54 Å². The van der Waals surface area contributed by atoms with Gasteiger partial charge in [-0.15, -0.1) is 0 Å². The number of benzene rings is 1. The number of hydrogen-bond donors (Lipinski definition) is 0. The summed E-state index contributed by atoms with van der Waals surface area (Å²) < 4.78 is 25.6. The Hall–Kier alpha value is -2.21. The Morgan fingerprint density at radius 3 is 2.52 bits per heavy atom. The van der Waals surface area contributed by atoms with Crippen molar-refractivity contribution in [1.82, 2.24) is 14.5 Å². The minimum atomic E-state index is -3.41. The molecular weight excluding hydrogens is 286 g/mol. The molecule has 0 aliphatic carbocycles. The third kappa shape index (κ3) is 2.67. The zero-order chi connectivity index (χ0) is 15.0. The average molecular weight is 301 g/mol. The van der Waals surface area contributed by atoms with Crippen LogP contribution in [-0.4, -0.2) is 29.2 Å². The topological polar surface area (TPSA) is 64.8 Å². The largest absolute Gasteiger partial charge is 0.295 e. The number of sulfone groups is 1. The molecule has 0 saturated heterocycles. The number of pyridine rings is 1. The molecule has 0 bridgehead atoms. The summed E-state index contributed by atoms with van der Waals surface area (Å²) in [6.07, 6.45) is 2.81. The third-order valence-corrected chi connectivity index (χ3v) is 4.24. The van der Waals surface area contributed by atoms with Crippen molar-refractivity contribution < 1.29 is 8.42 Å². The first-order valence-corrected chi connectivity index (χ1v) is 8.41. The molecule has 3 rings (SSSR count). The fourth-order valence-electron chi connectivity index (χ4n) is 2.24. The molecule has 0 aliphatic rings. The Balaban J connectivity index is 2.17. The highest BCUT2D eigenvalue weighted by Crippen LogP contribution is 2.19. The van der Waals surface area contributed by atoms with Gasteiger partial charge in [-0.3, -0.25) is 4.57 Å². The van der Waals surface area contributed by atoms with Crippen molar-refractivity contribution in [2.45, 2.75) is 18.6 Å². The SMILES string of the molecule is Cc1ccc(Cn2c(S(C)(=O)=O)nc3cccnc32)cc1. The average Bonchev–Trinajstić information content (AvgIpc) is 2.81. The highest BCUT2D eigenvalue weighted by atomic mass is 32.2.